The molecule has 0 amide bonds. The van der Waals surface area contributed by atoms with Gasteiger partial charge in [0, 0.05) is 0 Å². The molecule has 2 atom stereocenters. The maximum atomic E-state index is 12.1. The van der Waals surface area contributed by atoms with Crippen LogP contribution in [0.2, 0.25) is 0 Å². The third-order valence-electron chi connectivity index (χ3n) is 21.7. The Balaban J connectivity index is -0.0000000897. The van der Waals surface area contributed by atoms with Gasteiger partial charge in [-0.25, -0.2) is 0 Å². The van der Waals surface area contributed by atoms with E-state index < -0.39 is 0 Å². The van der Waals surface area contributed by atoms with Gasteiger partial charge in [0.15, 0.2) is 0 Å². The second-order valence-electron chi connectivity index (χ2n) is 30.9. The first kappa shape index (κ1) is 123. The van der Waals surface area contributed by atoms with Crippen molar-refractivity contribution >= 4 is 35.8 Å². The highest BCUT2D eigenvalue weighted by molar-refractivity contribution is 5.78. The van der Waals surface area contributed by atoms with Crippen LogP contribution in [-0.4, -0.2) is 69.4 Å². The van der Waals surface area contributed by atoms with Gasteiger partial charge in [0.05, 0.1) is 33.5 Å². The Morgan fingerprint density at radius 1 is 0.273 bits per heavy atom. The highest BCUT2D eigenvalue weighted by atomic mass is 16.6. The highest BCUT2D eigenvalue weighted by Crippen LogP contribution is 2.42. The molecule has 0 aromatic carbocycles. The van der Waals surface area contributed by atoms with Crippen molar-refractivity contribution in [2.75, 3.05) is 0 Å². The van der Waals surface area contributed by atoms with E-state index in [4.69, 9.17) is 28.4 Å². The molecule has 0 aromatic heterocycles. The zero-order chi connectivity index (χ0) is 66.6. The molecule has 6 aliphatic rings. The number of ether oxygens (including phenoxy) is 6. The molecule has 0 N–H and O–H groups in total. The summed E-state index contributed by atoms with van der Waals surface area (Å²) in [5.74, 6) is -0.0223. The van der Waals surface area contributed by atoms with Crippen LogP contribution in [0.5, 0.6) is 0 Å². The van der Waals surface area contributed by atoms with E-state index in [0.717, 1.165) is 135 Å². The largest absolute Gasteiger partial charge is 0.459 e. The summed E-state index contributed by atoms with van der Waals surface area (Å²) in [6, 6.07) is 0. The molecule has 606 valence electrons. The van der Waals surface area contributed by atoms with Gasteiger partial charge in [0.1, 0.15) is 33.6 Å². The van der Waals surface area contributed by atoms with Gasteiger partial charge in [0.25, 0.3) is 0 Å². The third kappa shape index (κ3) is 41.8. The summed E-state index contributed by atoms with van der Waals surface area (Å²) in [6.07, 6.45) is 37.4. The molecule has 6 rings (SSSR count). The molecular weight excluding hydrogens is 1240 g/mol. The molecule has 0 heterocycles. The molecular formula is C87H186O12. The molecule has 6 saturated carbocycles. The predicted molar refractivity (Wildman–Crippen MR) is 437 cm³/mol. The van der Waals surface area contributed by atoms with E-state index in [2.05, 4.69) is 41.5 Å². The van der Waals surface area contributed by atoms with Gasteiger partial charge in [-0.15, -0.1) is 0 Å². The van der Waals surface area contributed by atoms with E-state index in [1.807, 2.05) is 111 Å². The lowest BCUT2D eigenvalue weighted by Crippen LogP contribution is -2.40. The number of hydrogen-bond acceptors (Lipinski definition) is 12. The second kappa shape index (κ2) is 56.2. The first-order valence-electron chi connectivity index (χ1n) is 35.8. The maximum absolute atomic E-state index is 12.1. The Labute approximate surface area is 623 Å². The summed E-state index contributed by atoms with van der Waals surface area (Å²) in [5, 5.41) is 0. The predicted octanol–water partition coefficient (Wildman–Crippen LogP) is 28.6. The van der Waals surface area contributed by atoms with Crippen molar-refractivity contribution in [1.29, 1.82) is 0 Å². The average Bonchev–Trinajstić information content (AvgIpc) is 1.63. The molecule has 12 heteroatoms. The van der Waals surface area contributed by atoms with Crippen molar-refractivity contribution < 1.29 is 57.2 Å². The molecule has 0 bridgehead atoms. The summed E-state index contributed by atoms with van der Waals surface area (Å²) >= 11 is 0. The fourth-order valence-corrected chi connectivity index (χ4v) is 11.6. The number of rotatable bonds is 21. The van der Waals surface area contributed by atoms with Crippen LogP contribution < -0.4 is 0 Å². The molecule has 12 nitrogen and oxygen atoms in total. The molecule has 0 saturated heterocycles. The molecule has 2 unspecified atom stereocenters. The molecule has 0 spiro atoms. The van der Waals surface area contributed by atoms with Crippen molar-refractivity contribution in [3.8, 4) is 0 Å². The Morgan fingerprint density at radius 2 is 0.444 bits per heavy atom. The van der Waals surface area contributed by atoms with Crippen LogP contribution in [0.15, 0.2) is 0 Å². The van der Waals surface area contributed by atoms with Crippen molar-refractivity contribution in [2.24, 2.45) is 33.5 Å². The number of esters is 6. The highest BCUT2D eigenvalue weighted by Gasteiger charge is 2.43. The van der Waals surface area contributed by atoms with Crippen LogP contribution in [0.3, 0.4) is 0 Å². The standard InChI is InChI=1S/C14H26O2.2C13H24O2.2C12H22O2.C11H20O2.12CH4/c1-5-13(3,4)12(15)16-14(6-2)10-8-7-9-11-14;1-5-12(2,3)11(14)15-13(4)9-7-6-8-10-13;1-5-12(3,4)11(14)15-13(6-2)9-7-8-10-13;1-5-11(2,3)10(13)14-12(4)8-6-7-9-12;1-4-10(3)11(13)14-12(5-2)8-6-7-9-12;1-4-9(2)10(12)13-11(3)7-5-6-8-11;;;;;;;;;;;;/h5-11H2,1-4H3;2*5-10H2,1-4H3;5-9H2,1-4H3;10H,4-9H2,1-3H3;9H,4-8H2,1-3H3;12*1H4. The Kier molecular flexibility index (Phi) is 69.7. The normalized spacial score (nSPS) is 18.6. The molecule has 0 radical (unpaired) electrons. The van der Waals surface area contributed by atoms with Crippen molar-refractivity contribution in [3.05, 3.63) is 0 Å². The Bertz CT molecular complexity index is 2010. The number of carbonyl (C=O) groups excluding carboxylic acids is 6. The number of carbonyl (C=O) groups is 6. The lowest BCUT2D eigenvalue weighted by atomic mass is 9.82. The van der Waals surface area contributed by atoms with Crippen LogP contribution in [0.25, 0.3) is 0 Å². The van der Waals surface area contributed by atoms with Crippen LogP contribution in [0.4, 0.5) is 0 Å². The SMILES string of the molecule is C.C.C.C.C.C.C.C.C.C.C.C.CCC(C)(C)C(=O)OC1(C)CCCC1.CCC(C)(C)C(=O)OC1(C)CCCCC1.CCC(C)C(=O)OC1(C)CCCC1.CCC(C)C(=O)OC1(CC)CCCC1.CCC1(OC(=O)C(C)(C)CC)CCCC1.CCC1(OC(=O)C(C)(C)CC)CCCCC1. The first-order chi connectivity index (χ1) is 40.4. The fourth-order valence-electron chi connectivity index (χ4n) is 11.6. The van der Waals surface area contributed by atoms with Gasteiger partial charge < -0.3 is 28.4 Å². The third-order valence-corrected chi connectivity index (χ3v) is 21.7. The van der Waals surface area contributed by atoms with Crippen molar-refractivity contribution in [1.82, 2.24) is 0 Å². The smallest absolute Gasteiger partial charge is 0.312 e. The zero-order valence-electron chi connectivity index (χ0n) is 60.8. The summed E-state index contributed by atoms with van der Waals surface area (Å²) < 4.78 is 34.1. The molecule has 6 fully saturated rings. The van der Waals surface area contributed by atoms with Crippen LogP contribution >= 0.6 is 0 Å². The topological polar surface area (TPSA) is 158 Å². The van der Waals surface area contributed by atoms with Crippen molar-refractivity contribution in [2.45, 2.75) is 500 Å². The monoisotopic (exact) mass is 1420 g/mol. The van der Waals surface area contributed by atoms with Gasteiger partial charge in [-0.2, -0.15) is 0 Å². The van der Waals surface area contributed by atoms with E-state index in [-0.39, 0.29) is 192 Å². The van der Waals surface area contributed by atoms with Crippen LogP contribution in [0, 0.1) is 33.5 Å². The van der Waals surface area contributed by atoms with Gasteiger partial charge >= 0.3 is 35.8 Å². The maximum Gasteiger partial charge on any atom is 0.312 e. The fraction of sp³-hybridized carbons (Fsp3) is 0.931. The Hall–Kier alpha value is -3.18. The number of hydrogen-bond donors (Lipinski definition) is 0. The van der Waals surface area contributed by atoms with Gasteiger partial charge in [0.2, 0.25) is 0 Å². The summed E-state index contributed by atoms with van der Waals surface area (Å²) in [4.78, 5) is 71.1. The van der Waals surface area contributed by atoms with Crippen LogP contribution in [0.1, 0.15) is 466 Å². The quantitative estimate of drug-likeness (QED) is 0.0792. The summed E-state index contributed by atoms with van der Waals surface area (Å²) in [7, 11) is 0. The van der Waals surface area contributed by atoms with Crippen LogP contribution in [-0.2, 0) is 57.2 Å². The molecule has 99 heavy (non-hydrogen) atoms. The van der Waals surface area contributed by atoms with Gasteiger partial charge in [-0.1, -0.05) is 178 Å². The minimum atomic E-state index is -0.334. The van der Waals surface area contributed by atoms with E-state index in [1.165, 1.54) is 89.9 Å². The van der Waals surface area contributed by atoms with Gasteiger partial charge in [-0.05, 0) is 288 Å². The Morgan fingerprint density at radius 3 is 0.657 bits per heavy atom. The second-order valence-corrected chi connectivity index (χ2v) is 30.9. The zero-order valence-corrected chi connectivity index (χ0v) is 60.8. The summed E-state index contributed by atoms with van der Waals surface area (Å²) in [5.41, 5.74) is -2.24. The first-order valence-corrected chi connectivity index (χ1v) is 35.8. The lowest BCUT2D eigenvalue weighted by Gasteiger charge is -2.38. The van der Waals surface area contributed by atoms with E-state index in [0.29, 0.717) is 0 Å². The van der Waals surface area contributed by atoms with E-state index >= 15 is 0 Å². The van der Waals surface area contributed by atoms with Gasteiger partial charge in [-0.3, -0.25) is 28.8 Å². The minimum Gasteiger partial charge on any atom is -0.459 e. The van der Waals surface area contributed by atoms with E-state index in [1.54, 1.807) is 0 Å². The molecule has 0 aliphatic heterocycles. The minimum absolute atomic E-state index is 0. The average molecular weight is 1420 g/mol. The van der Waals surface area contributed by atoms with E-state index in [9.17, 15) is 28.8 Å². The summed E-state index contributed by atoms with van der Waals surface area (Å²) in [6.45, 7) is 44.3. The lowest BCUT2D eigenvalue weighted by molar-refractivity contribution is -0.175. The van der Waals surface area contributed by atoms with Crippen molar-refractivity contribution in [3.63, 3.8) is 0 Å². The molecule has 0 aromatic rings. The molecule has 6 aliphatic carbocycles.